The molecule has 0 bridgehead atoms. The van der Waals surface area contributed by atoms with E-state index in [4.69, 9.17) is 0 Å². The van der Waals surface area contributed by atoms with Crippen molar-refractivity contribution < 1.29 is 5.11 Å². The van der Waals surface area contributed by atoms with Crippen molar-refractivity contribution in [2.45, 2.75) is 47.9 Å². The van der Waals surface area contributed by atoms with Gasteiger partial charge in [0.2, 0.25) is 0 Å². The highest BCUT2D eigenvalue weighted by molar-refractivity contribution is 8.01. The van der Waals surface area contributed by atoms with E-state index in [-0.39, 0.29) is 6.10 Å². The van der Waals surface area contributed by atoms with Gasteiger partial charge >= 0.3 is 0 Å². The summed E-state index contributed by atoms with van der Waals surface area (Å²) in [6.45, 7) is 0. The lowest BCUT2D eigenvalue weighted by molar-refractivity contribution is 0.112. The molecule has 1 aliphatic heterocycles. The highest BCUT2D eigenvalue weighted by atomic mass is 32.2. The average Bonchev–Trinajstić information content (AvgIpc) is 2.54. The molecule has 2 heteroatoms. The van der Waals surface area contributed by atoms with Crippen LogP contribution < -0.4 is 0 Å². The maximum absolute atomic E-state index is 9.80. The second-order valence-electron chi connectivity index (χ2n) is 4.82. The molecule has 1 spiro atoms. The summed E-state index contributed by atoms with van der Waals surface area (Å²) < 4.78 is 0.321. The molecule has 15 heavy (non-hydrogen) atoms. The van der Waals surface area contributed by atoms with Gasteiger partial charge in [-0.05, 0) is 43.7 Å². The van der Waals surface area contributed by atoms with Crippen molar-refractivity contribution in [3.8, 4) is 0 Å². The quantitative estimate of drug-likeness (QED) is 0.725. The van der Waals surface area contributed by atoms with Crippen molar-refractivity contribution in [2.24, 2.45) is 0 Å². The van der Waals surface area contributed by atoms with E-state index in [1.54, 1.807) is 0 Å². The largest absolute Gasteiger partial charge is 0.393 e. The minimum atomic E-state index is -0.0689. The van der Waals surface area contributed by atoms with Crippen molar-refractivity contribution in [3.63, 3.8) is 0 Å². The fraction of sp³-hybridized carbons (Fsp3) is 0.538. The van der Waals surface area contributed by atoms with E-state index in [1.165, 1.54) is 23.3 Å². The summed E-state index contributed by atoms with van der Waals surface area (Å²) in [5.74, 6) is 0. The van der Waals surface area contributed by atoms with Crippen LogP contribution in [0.15, 0.2) is 29.2 Å². The van der Waals surface area contributed by atoms with Crippen LogP contribution in [0.2, 0.25) is 0 Å². The SMILES string of the molecule is OC1CCCC2(Cc3ccccc3S2)C1. The highest BCUT2D eigenvalue weighted by Crippen LogP contribution is 2.52. The first-order chi connectivity index (χ1) is 7.27. The zero-order valence-corrected chi connectivity index (χ0v) is 9.59. The third-order valence-electron chi connectivity index (χ3n) is 3.59. The Hall–Kier alpha value is -0.470. The summed E-state index contributed by atoms with van der Waals surface area (Å²) >= 11 is 2.00. The van der Waals surface area contributed by atoms with Gasteiger partial charge in [0.05, 0.1) is 6.10 Å². The Kier molecular flexibility index (Phi) is 2.29. The summed E-state index contributed by atoms with van der Waals surface area (Å²) in [7, 11) is 0. The summed E-state index contributed by atoms with van der Waals surface area (Å²) in [4.78, 5) is 1.44. The van der Waals surface area contributed by atoms with E-state index >= 15 is 0 Å². The predicted octanol–water partition coefficient (Wildman–Crippen LogP) is 3.01. The van der Waals surface area contributed by atoms with Gasteiger partial charge in [-0.1, -0.05) is 18.2 Å². The molecular weight excluding hydrogens is 204 g/mol. The van der Waals surface area contributed by atoms with Crippen LogP contribution in [-0.2, 0) is 6.42 Å². The molecule has 1 fully saturated rings. The van der Waals surface area contributed by atoms with Crippen molar-refractivity contribution in [1.82, 2.24) is 0 Å². The zero-order chi connectivity index (χ0) is 10.3. The fourth-order valence-electron chi connectivity index (χ4n) is 2.91. The number of hydrogen-bond donors (Lipinski definition) is 1. The van der Waals surface area contributed by atoms with Gasteiger partial charge in [-0.25, -0.2) is 0 Å². The Morgan fingerprint density at radius 1 is 1.33 bits per heavy atom. The van der Waals surface area contributed by atoms with Gasteiger partial charge in [0, 0.05) is 9.64 Å². The maximum atomic E-state index is 9.80. The molecule has 1 heterocycles. The summed E-state index contributed by atoms with van der Waals surface area (Å²) in [6, 6.07) is 8.69. The Balaban J connectivity index is 1.87. The average molecular weight is 220 g/mol. The highest BCUT2D eigenvalue weighted by Gasteiger charge is 2.41. The van der Waals surface area contributed by atoms with E-state index in [1.807, 2.05) is 11.8 Å². The number of hydrogen-bond acceptors (Lipinski definition) is 2. The lowest BCUT2D eigenvalue weighted by Crippen LogP contribution is -2.34. The number of thioether (sulfide) groups is 1. The van der Waals surface area contributed by atoms with Crippen LogP contribution in [0, 0.1) is 0 Å². The number of aliphatic hydroxyl groups excluding tert-OH is 1. The summed E-state index contributed by atoms with van der Waals surface area (Å²) in [5.41, 5.74) is 1.48. The minimum Gasteiger partial charge on any atom is -0.393 e. The molecule has 2 aliphatic rings. The van der Waals surface area contributed by atoms with E-state index < -0.39 is 0 Å². The number of rotatable bonds is 0. The molecule has 1 aromatic carbocycles. The first-order valence-electron chi connectivity index (χ1n) is 5.72. The van der Waals surface area contributed by atoms with Crippen LogP contribution >= 0.6 is 11.8 Å². The minimum absolute atomic E-state index is 0.0689. The Bertz CT molecular complexity index is 350. The standard InChI is InChI=1S/C13H16OS/c14-11-5-3-7-13(9-11)8-10-4-1-2-6-12(10)15-13/h1-2,4,6,11,14H,3,5,7-9H2. The molecule has 1 nitrogen and oxygen atoms in total. The van der Waals surface area contributed by atoms with Crippen LogP contribution in [-0.4, -0.2) is 16.0 Å². The monoisotopic (exact) mass is 220 g/mol. The molecular formula is C13H16OS. The molecule has 1 N–H and O–H groups in total. The van der Waals surface area contributed by atoms with E-state index in [9.17, 15) is 5.11 Å². The Labute approximate surface area is 94.9 Å². The molecule has 0 amide bonds. The topological polar surface area (TPSA) is 20.2 Å². The molecule has 2 atom stereocenters. The third-order valence-corrected chi connectivity index (χ3v) is 5.16. The summed E-state index contributed by atoms with van der Waals surface area (Å²) in [6.07, 6.45) is 5.52. The van der Waals surface area contributed by atoms with Crippen molar-refractivity contribution in [1.29, 1.82) is 0 Å². The molecule has 80 valence electrons. The fourth-order valence-corrected chi connectivity index (χ4v) is 4.55. The van der Waals surface area contributed by atoms with Gasteiger partial charge in [-0.15, -0.1) is 11.8 Å². The van der Waals surface area contributed by atoms with Crippen LogP contribution in [0.4, 0.5) is 0 Å². The van der Waals surface area contributed by atoms with Gasteiger partial charge in [0.1, 0.15) is 0 Å². The van der Waals surface area contributed by atoms with Gasteiger partial charge < -0.3 is 5.11 Å². The van der Waals surface area contributed by atoms with Crippen LogP contribution in [0.5, 0.6) is 0 Å². The van der Waals surface area contributed by atoms with Crippen LogP contribution in [0.1, 0.15) is 31.2 Å². The van der Waals surface area contributed by atoms with E-state index in [0.717, 1.165) is 19.3 Å². The van der Waals surface area contributed by atoms with Crippen LogP contribution in [0.3, 0.4) is 0 Å². The van der Waals surface area contributed by atoms with Gasteiger partial charge in [0.15, 0.2) is 0 Å². The lowest BCUT2D eigenvalue weighted by atomic mass is 9.83. The molecule has 2 unspecified atom stereocenters. The lowest BCUT2D eigenvalue weighted by Gasteiger charge is -2.35. The number of benzene rings is 1. The molecule has 3 rings (SSSR count). The normalized spacial score (nSPS) is 34.3. The second-order valence-corrected chi connectivity index (χ2v) is 6.33. The molecule has 1 aliphatic carbocycles. The predicted molar refractivity (Wildman–Crippen MR) is 63.2 cm³/mol. The van der Waals surface area contributed by atoms with Crippen molar-refractivity contribution >= 4 is 11.8 Å². The Morgan fingerprint density at radius 2 is 2.20 bits per heavy atom. The summed E-state index contributed by atoms with van der Waals surface area (Å²) in [5, 5.41) is 9.80. The number of fused-ring (bicyclic) bond motifs is 1. The Morgan fingerprint density at radius 3 is 3.00 bits per heavy atom. The smallest absolute Gasteiger partial charge is 0.0553 e. The van der Waals surface area contributed by atoms with Gasteiger partial charge in [0.25, 0.3) is 0 Å². The third kappa shape index (κ3) is 1.70. The zero-order valence-electron chi connectivity index (χ0n) is 8.78. The molecule has 0 aromatic heterocycles. The van der Waals surface area contributed by atoms with E-state index in [2.05, 4.69) is 24.3 Å². The van der Waals surface area contributed by atoms with Crippen molar-refractivity contribution in [3.05, 3.63) is 29.8 Å². The first-order valence-corrected chi connectivity index (χ1v) is 6.54. The van der Waals surface area contributed by atoms with Crippen molar-refractivity contribution in [2.75, 3.05) is 0 Å². The van der Waals surface area contributed by atoms with Crippen LogP contribution in [0.25, 0.3) is 0 Å². The van der Waals surface area contributed by atoms with Gasteiger partial charge in [-0.3, -0.25) is 0 Å². The maximum Gasteiger partial charge on any atom is 0.0553 e. The van der Waals surface area contributed by atoms with E-state index in [0.29, 0.717) is 4.75 Å². The number of aliphatic hydroxyl groups is 1. The molecule has 0 saturated heterocycles. The molecule has 1 aromatic rings. The second kappa shape index (κ2) is 3.53. The molecule has 0 radical (unpaired) electrons. The van der Waals surface area contributed by atoms with Gasteiger partial charge in [-0.2, -0.15) is 0 Å². The molecule has 1 saturated carbocycles. The first kappa shape index (κ1) is 9.73.